The van der Waals surface area contributed by atoms with E-state index in [0.717, 1.165) is 18.7 Å². The Morgan fingerprint density at radius 2 is 2.09 bits per heavy atom. The van der Waals surface area contributed by atoms with Gasteiger partial charge in [-0.25, -0.2) is 0 Å². The smallest absolute Gasteiger partial charge is 0.237 e. The fourth-order valence-corrected chi connectivity index (χ4v) is 2.88. The Kier molecular flexibility index (Phi) is 6.84. The lowest BCUT2D eigenvalue weighted by Gasteiger charge is -2.35. The first-order valence-corrected chi connectivity index (χ1v) is 8.47. The highest BCUT2D eigenvalue weighted by Gasteiger charge is 2.25. The third-order valence-corrected chi connectivity index (χ3v) is 4.45. The zero-order chi connectivity index (χ0) is 16.8. The Labute approximate surface area is 143 Å². The molecule has 1 aliphatic rings. The number of ether oxygens (including phenoxy) is 1. The lowest BCUT2D eigenvalue weighted by Crippen LogP contribution is -2.48. The van der Waals surface area contributed by atoms with E-state index >= 15 is 0 Å². The molecule has 1 fully saturated rings. The van der Waals surface area contributed by atoms with Gasteiger partial charge < -0.3 is 15.8 Å². The van der Waals surface area contributed by atoms with Crippen molar-refractivity contribution in [2.45, 2.75) is 25.9 Å². The van der Waals surface area contributed by atoms with Crippen molar-refractivity contribution in [3.8, 4) is 0 Å². The molecule has 0 aromatic heterocycles. The number of carbonyl (C=O) groups is 1. The number of hydrogen-bond donors (Lipinski definition) is 2. The number of nitrogens with two attached hydrogens (primary N) is 1. The van der Waals surface area contributed by atoms with Crippen molar-refractivity contribution in [1.29, 1.82) is 0 Å². The van der Waals surface area contributed by atoms with E-state index in [2.05, 4.69) is 10.2 Å². The molecular weight excluding hydrogens is 314 g/mol. The molecular formula is C17H26ClN3O2. The van der Waals surface area contributed by atoms with Gasteiger partial charge in [0.25, 0.3) is 0 Å². The Hall–Kier alpha value is -1.14. The zero-order valence-electron chi connectivity index (χ0n) is 13.8. The highest BCUT2D eigenvalue weighted by Crippen LogP contribution is 2.24. The van der Waals surface area contributed by atoms with Crippen LogP contribution in [0.15, 0.2) is 24.3 Å². The number of nitrogens with one attached hydrogen (secondary N) is 1. The molecule has 2 rings (SSSR count). The van der Waals surface area contributed by atoms with Gasteiger partial charge in [0, 0.05) is 24.7 Å². The Morgan fingerprint density at radius 3 is 2.70 bits per heavy atom. The third-order valence-electron chi connectivity index (χ3n) is 4.21. The average molecular weight is 340 g/mol. The van der Waals surface area contributed by atoms with Crippen LogP contribution in [0.3, 0.4) is 0 Å². The molecule has 1 aromatic carbocycles. The summed E-state index contributed by atoms with van der Waals surface area (Å²) in [5.74, 6) is 0.00305. The van der Waals surface area contributed by atoms with E-state index in [-0.39, 0.29) is 17.9 Å². The SMILES string of the molecule is CC(C)[C@H](N)C(=O)NCC(c1cccc(Cl)c1)N1CCOCC1. The van der Waals surface area contributed by atoms with Crippen molar-refractivity contribution in [3.63, 3.8) is 0 Å². The monoisotopic (exact) mass is 339 g/mol. The highest BCUT2D eigenvalue weighted by molar-refractivity contribution is 6.30. The van der Waals surface area contributed by atoms with Crippen LogP contribution in [0.2, 0.25) is 5.02 Å². The van der Waals surface area contributed by atoms with Crippen LogP contribution in [0.1, 0.15) is 25.5 Å². The summed E-state index contributed by atoms with van der Waals surface area (Å²) in [5, 5.41) is 3.69. The van der Waals surface area contributed by atoms with Gasteiger partial charge in [0.05, 0.1) is 25.3 Å². The number of nitrogens with zero attached hydrogens (tertiary/aromatic N) is 1. The topological polar surface area (TPSA) is 67.6 Å². The molecule has 1 unspecified atom stereocenters. The number of benzene rings is 1. The molecule has 128 valence electrons. The highest BCUT2D eigenvalue weighted by atomic mass is 35.5. The number of rotatable bonds is 6. The number of amides is 1. The second-order valence-electron chi connectivity index (χ2n) is 6.23. The van der Waals surface area contributed by atoms with Gasteiger partial charge in [-0.2, -0.15) is 0 Å². The first-order valence-electron chi connectivity index (χ1n) is 8.09. The van der Waals surface area contributed by atoms with Crippen molar-refractivity contribution in [2.75, 3.05) is 32.8 Å². The molecule has 6 heteroatoms. The second-order valence-corrected chi connectivity index (χ2v) is 6.67. The lowest BCUT2D eigenvalue weighted by atomic mass is 10.0. The van der Waals surface area contributed by atoms with Crippen molar-refractivity contribution in [2.24, 2.45) is 11.7 Å². The predicted molar refractivity (Wildman–Crippen MR) is 92.4 cm³/mol. The fraction of sp³-hybridized carbons (Fsp3) is 0.588. The van der Waals surface area contributed by atoms with Gasteiger partial charge in [0.15, 0.2) is 0 Å². The largest absolute Gasteiger partial charge is 0.379 e. The summed E-state index contributed by atoms with van der Waals surface area (Å²) in [6.07, 6.45) is 0. The first-order chi connectivity index (χ1) is 11.0. The van der Waals surface area contributed by atoms with Crippen molar-refractivity contribution < 1.29 is 9.53 Å². The molecule has 1 heterocycles. The number of morpholine rings is 1. The van der Waals surface area contributed by atoms with E-state index in [1.54, 1.807) is 0 Å². The first kappa shape index (κ1) is 18.2. The van der Waals surface area contributed by atoms with E-state index in [1.807, 2.05) is 38.1 Å². The maximum Gasteiger partial charge on any atom is 0.237 e. The number of halogens is 1. The summed E-state index contributed by atoms with van der Waals surface area (Å²) < 4.78 is 5.43. The second kappa shape index (κ2) is 8.64. The van der Waals surface area contributed by atoms with E-state index in [1.165, 1.54) is 0 Å². The predicted octanol–water partition coefficient (Wildman–Crippen LogP) is 1.81. The number of hydrogen-bond acceptors (Lipinski definition) is 4. The molecule has 1 amide bonds. The molecule has 5 nitrogen and oxygen atoms in total. The van der Waals surface area contributed by atoms with Gasteiger partial charge >= 0.3 is 0 Å². The van der Waals surface area contributed by atoms with Gasteiger partial charge in [-0.15, -0.1) is 0 Å². The van der Waals surface area contributed by atoms with Gasteiger partial charge in [-0.3, -0.25) is 9.69 Å². The van der Waals surface area contributed by atoms with E-state index < -0.39 is 6.04 Å². The van der Waals surface area contributed by atoms with Crippen molar-refractivity contribution in [3.05, 3.63) is 34.9 Å². The summed E-state index contributed by atoms with van der Waals surface area (Å²) in [6.45, 7) is 7.49. The van der Waals surface area contributed by atoms with Gasteiger partial charge in [0.1, 0.15) is 0 Å². The Bertz CT molecular complexity index is 518. The number of carbonyl (C=O) groups excluding carboxylic acids is 1. The van der Waals surface area contributed by atoms with Crippen LogP contribution in [0, 0.1) is 5.92 Å². The molecule has 0 bridgehead atoms. The lowest BCUT2D eigenvalue weighted by molar-refractivity contribution is -0.123. The maximum atomic E-state index is 12.2. The van der Waals surface area contributed by atoms with Gasteiger partial charge in [0.2, 0.25) is 5.91 Å². The molecule has 0 radical (unpaired) electrons. The van der Waals surface area contributed by atoms with E-state index in [9.17, 15) is 4.79 Å². The summed E-state index contributed by atoms with van der Waals surface area (Å²) in [6, 6.07) is 7.37. The average Bonchev–Trinajstić information content (AvgIpc) is 2.55. The zero-order valence-corrected chi connectivity index (χ0v) is 14.6. The molecule has 1 saturated heterocycles. The third kappa shape index (κ3) is 5.18. The summed E-state index contributed by atoms with van der Waals surface area (Å²) in [5.41, 5.74) is 7.02. The summed E-state index contributed by atoms with van der Waals surface area (Å²) in [4.78, 5) is 14.5. The molecule has 2 atom stereocenters. The van der Waals surface area contributed by atoms with Crippen LogP contribution in [0.4, 0.5) is 0 Å². The quantitative estimate of drug-likeness (QED) is 0.829. The van der Waals surface area contributed by atoms with Crippen LogP contribution in [-0.2, 0) is 9.53 Å². The minimum absolute atomic E-state index is 0.0703. The molecule has 1 aromatic rings. The normalized spacial score (nSPS) is 18.7. The van der Waals surface area contributed by atoms with Crippen LogP contribution < -0.4 is 11.1 Å². The maximum absolute atomic E-state index is 12.2. The standard InChI is InChI=1S/C17H26ClN3O2/c1-12(2)16(19)17(22)20-11-15(21-6-8-23-9-7-21)13-4-3-5-14(18)10-13/h3-5,10,12,15-16H,6-9,11,19H2,1-2H3,(H,20,22)/t15?,16-/m0/s1. The minimum atomic E-state index is -0.486. The molecule has 0 saturated carbocycles. The van der Waals surface area contributed by atoms with Gasteiger partial charge in [-0.1, -0.05) is 37.6 Å². The Morgan fingerprint density at radius 1 is 1.39 bits per heavy atom. The van der Waals surface area contributed by atoms with Crippen LogP contribution in [0.25, 0.3) is 0 Å². The molecule has 1 aliphatic heterocycles. The fourth-order valence-electron chi connectivity index (χ4n) is 2.68. The summed E-state index contributed by atoms with van der Waals surface area (Å²) in [7, 11) is 0. The molecule has 23 heavy (non-hydrogen) atoms. The van der Waals surface area contributed by atoms with Crippen LogP contribution in [-0.4, -0.2) is 49.7 Å². The Balaban J connectivity index is 2.09. The van der Waals surface area contributed by atoms with Crippen LogP contribution >= 0.6 is 11.6 Å². The summed E-state index contributed by atoms with van der Waals surface area (Å²) >= 11 is 6.13. The van der Waals surface area contributed by atoms with Gasteiger partial charge in [-0.05, 0) is 23.6 Å². The van der Waals surface area contributed by atoms with E-state index in [4.69, 9.17) is 22.1 Å². The molecule has 3 N–H and O–H groups in total. The van der Waals surface area contributed by atoms with Crippen LogP contribution in [0.5, 0.6) is 0 Å². The molecule has 0 aliphatic carbocycles. The van der Waals surface area contributed by atoms with Crippen molar-refractivity contribution >= 4 is 17.5 Å². The minimum Gasteiger partial charge on any atom is -0.379 e. The van der Waals surface area contributed by atoms with E-state index in [0.29, 0.717) is 24.8 Å². The van der Waals surface area contributed by atoms with Crippen molar-refractivity contribution in [1.82, 2.24) is 10.2 Å². The molecule has 0 spiro atoms.